The number of pyridine rings is 1. The highest BCUT2D eigenvalue weighted by molar-refractivity contribution is 7.89. The molecule has 0 spiro atoms. The zero-order valence-corrected chi connectivity index (χ0v) is 16.6. The van der Waals surface area contributed by atoms with E-state index in [-0.39, 0.29) is 29.4 Å². The van der Waals surface area contributed by atoms with Crippen molar-refractivity contribution < 1.29 is 27.5 Å². The molecule has 9 nitrogen and oxygen atoms in total. The van der Waals surface area contributed by atoms with E-state index >= 15 is 0 Å². The minimum Gasteiger partial charge on any atom is -0.448 e. The Hall–Kier alpha value is -2.82. The van der Waals surface area contributed by atoms with Gasteiger partial charge in [0.05, 0.1) is 18.1 Å². The highest BCUT2D eigenvalue weighted by Gasteiger charge is 2.27. The molecule has 1 N–H and O–H groups in total. The number of hydrogen-bond donors (Lipinski definition) is 1. The molecule has 1 aromatic carbocycles. The molecule has 1 fully saturated rings. The minimum absolute atomic E-state index is 0.0651. The van der Waals surface area contributed by atoms with Crippen LogP contribution in [-0.2, 0) is 24.3 Å². The quantitative estimate of drug-likeness (QED) is 0.702. The van der Waals surface area contributed by atoms with E-state index in [0.717, 1.165) is 0 Å². The van der Waals surface area contributed by atoms with E-state index < -0.39 is 28.0 Å². The van der Waals surface area contributed by atoms with Crippen LogP contribution in [0.5, 0.6) is 0 Å². The maximum Gasteiger partial charge on any atom is 0.357 e. The van der Waals surface area contributed by atoms with E-state index in [2.05, 4.69) is 10.3 Å². The van der Waals surface area contributed by atoms with Crippen molar-refractivity contribution in [2.45, 2.75) is 17.9 Å². The predicted octanol–water partition coefficient (Wildman–Crippen LogP) is 1.29. The number of nitrogens with zero attached hydrogens (tertiary/aromatic N) is 2. The number of nitrogens with one attached hydrogen (secondary N) is 1. The van der Waals surface area contributed by atoms with Crippen molar-refractivity contribution in [1.29, 1.82) is 0 Å². The van der Waals surface area contributed by atoms with E-state index in [1.807, 2.05) is 0 Å². The SMILES string of the molecule is C[C@H](OC(=O)c1ccccn1)C(=O)Nc1cccc(S(=O)(=O)N2CCOCC2)c1. The van der Waals surface area contributed by atoms with Gasteiger partial charge in [-0.3, -0.25) is 4.79 Å². The van der Waals surface area contributed by atoms with Gasteiger partial charge in [0.2, 0.25) is 10.0 Å². The van der Waals surface area contributed by atoms with Gasteiger partial charge in [-0.1, -0.05) is 12.1 Å². The van der Waals surface area contributed by atoms with Crippen LogP contribution < -0.4 is 5.32 Å². The van der Waals surface area contributed by atoms with Crippen molar-refractivity contribution in [2.24, 2.45) is 0 Å². The fourth-order valence-corrected chi connectivity index (χ4v) is 4.13. The lowest BCUT2D eigenvalue weighted by Crippen LogP contribution is -2.40. The summed E-state index contributed by atoms with van der Waals surface area (Å²) in [7, 11) is -3.69. The second-order valence-corrected chi connectivity index (χ2v) is 8.23. The highest BCUT2D eigenvalue weighted by Crippen LogP contribution is 2.21. The summed E-state index contributed by atoms with van der Waals surface area (Å²) in [5.41, 5.74) is 0.371. The summed E-state index contributed by atoms with van der Waals surface area (Å²) < 4.78 is 37.1. The standard InChI is InChI=1S/C19H21N3O6S/c1-14(28-19(24)17-7-2-3-8-20-17)18(23)21-15-5-4-6-16(13-15)29(25,26)22-9-11-27-12-10-22/h2-8,13-14H,9-12H2,1H3,(H,21,23)/t14-/m0/s1. The molecule has 3 rings (SSSR count). The number of rotatable bonds is 6. The molecule has 0 saturated carbocycles. The van der Waals surface area contributed by atoms with Crippen molar-refractivity contribution in [3.05, 3.63) is 54.4 Å². The van der Waals surface area contributed by atoms with Crippen LogP contribution >= 0.6 is 0 Å². The normalized spacial score (nSPS) is 16.0. The van der Waals surface area contributed by atoms with Gasteiger partial charge in [0.15, 0.2) is 6.10 Å². The first-order valence-corrected chi connectivity index (χ1v) is 10.4. The van der Waals surface area contributed by atoms with Crippen LogP contribution in [0.25, 0.3) is 0 Å². The lowest BCUT2D eigenvalue weighted by molar-refractivity contribution is -0.123. The molecule has 1 aromatic heterocycles. The first-order valence-electron chi connectivity index (χ1n) is 8.99. The number of hydrogen-bond acceptors (Lipinski definition) is 7. The maximum absolute atomic E-state index is 12.7. The molecule has 2 aromatic rings. The van der Waals surface area contributed by atoms with Crippen LogP contribution in [0.15, 0.2) is 53.6 Å². The van der Waals surface area contributed by atoms with Gasteiger partial charge < -0.3 is 14.8 Å². The number of aromatic nitrogens is 1. The largest absolute Gasteiger partial charge is 0.448 e. The van der Waals surface area contributed by atoms with Crippen LogP contribution in [0.3, 0.4) is 0 Å². The predicted molar refractivity (Wildman–Crippen MR) is 104 cm³/mol. The van der Waals surface area contributed by atoms with Crippen LogP contribution in [-0.4, -0.2) is 62.0 Å². The summed E-state index contributed by atoms with van der Waals surface area (Å²) in [5, 5.41) is 2.57. The van der Waals surface area contributed by atoms with E-state index in [0.29, 0.717) is 13.2 Å². The summed E-state index contributed by atoms with van der Waals surface area (Å²) in [5.74, 6) is -1.31. The minimum atomic E-state index is -3.69. The van der Waals surface area contributed by atoms with E-state index in [4.69, 9.17) is 9.47 Å². The Morgan fingerprint density at radius 3 is 2.62 bits per heavy atom. The van der Waals surface area contributed by atoms with Gasteiger partial charge in [-0.2, -0.15) is 4.31 Å². The third-order valence-corrected chi connectivity index (χ3v) is 6.13. The van der Waals surface area contributed by atoms with Gasteiger partial charge in [-0.25, -0.2) is 18.2 Å². The van der Waals surface area contributed by atoms with E-state index in [1.165, 1.54) is 41.7 Å². The molecular weight excluding hydrogens is 398 g/mol. The summed E-state index contributed by atoms with van der Waals surface area (Å²) in [6, 6.07) is 10.7. The van der Waals surface area contributed by atoms with Crippen LogP contribution in [0, 0.1) is 0 Å². The zero-order chi connectivity index (χ0) is 20.9. The number of sulfonamides is 1. The molecule has 0 unspecified atom stereocenters. The highest BCUT2D eigenvalue weighted by atomic mass is 32.2. The third kappa shape index (κ3) is 5.17. The average Bonchev–Trinajstić information content (AvgIpc) is 2.75. The number of anilines is 1. The first kappa shape index (κ1) is 20.9. The Bertz CT molecular complexity index is 974. The van der Waals surface area contributed by atoms with Crippen LogP contribution in [0.1, 0.15) is 17.4 Å². The lowest BCUT2D eigenvalue weighted by atomic mass is 10.3. The Morgan fingerprint density at radius 2 is 1.93 bits per heavy atom. The summed E-state index contributed by atoms with van der Waals surface area (Å²) >= 11 is 0. The van der Waals surface area contributed by atoms with E-state index in [1.54, 1.807) is 18.2 Å². The Labute approximate surface area is 168 Å². The molecule has 1 atom stereocenters. The van der Waals surface area contributed by atoms with Crippen molar-refractivity contribution in [3.8, 4) is 0 Å². The second-order valence-electron chi connectivity index (χ2n) is 6.30. The van der Waals surface area contributed by atoms with Gasteiger partial charge in [0.25, 0.3) is 5.91 Å². The number of carbonyl (C=O) groups excluding carboxylic acids is 2. The Balaban J connectivity index is 1.66. The fraction of sp³-hybridized carbons (Fsp3) is 0.316. The molecule has 0 bridgehead atoms. The van der Waals surface area contributed by atoms with Gasteiger partial charge in [0, 0.05) is 25.0 Å². The third-order valence-electron chi connectivity index (χ3n) is 4.24. The van der Waals surface area contributed by atoms with Gasteiger partial charge in [-0.05, 0) is 37.3 Å². The van der Waals surface area contributed by atoms with E-state index in [9.17, 15) is 18.0 Å². The molecule has 29 heavy (non-hydrogen) atoms. The van der Waals surface area contributed by atoms with Crippen molar-refractivity contribution in [3.63, 3.8) is 0 Å². The van der Waals surface area contributed by atoms with Gasteiger partial charge in [-0.15, -0.1) is 0 Å². The van der Waals surface area contributed by atoms with Crippen LogP contribution in [0.2, 0.25) is 0 Å². The number of carbonyl (C=O) groups is 2. The van der Waals surface area contributed by atoms with Gasteiger partial charge in [0.1, 0.15) is 5.69 Å². The Morgan fingerprint density at radius 1 is 1.17 bits per heavy atom. The zero-order valence-electron chi connectivity index (χ0n) is 15.8. The molecule has 2 heterocycles. The molecule has 1 aliphatic rings. The second kappa shape index (κ2) is 9.12. The fourth-order valence-electron chi connectivity index (χ4n) is 2.67. The summed E-state index contributed by atoms with van der Waals surface area (Å²) in [4.78, 5) is 28.3. The molecule has 1 saturated heterocycles. The van der Waals surface area contributed by atoms with Crippen molar-refractivity contribution in [1.82, 2.24) is 9.29 Å². The Kier molecular flexibility index (Phi) is 6.57. The molecule has 0 radical (unpaired) electrons. The van der Waals surface area contributed by atoms with Crippen LogP contribution in [0.4, 0.5) is 5.69 Å². The molecular formula is C19H21N3O6S. The van der Waals surface area contributed by atoms with Gasteiger partial charge >= 0.3 is 5.97 Å². The first-order chi connectivity index (χ1) is 13.9. The number of amides is 1. The molecule has 10 heteroatoms. The molecule has 0 aliphatic carbocycles. The summed E-state index contributed by atoms with van der Waals surface area (Å²) in [6.45, 7) is 2.66. The monoisotopic (exact) mass is 419 g/mol. The molecule has 1 aliphatic heterocycles. The topological polar surface area (TPSA) is 115 Å². The molecule has 1 amide bonds. The molecule has 154 valence electrons. The lowest BCUT2D eigenvalue weighted by Gasteiger charge is -2.26. The summed E-state index contributed by atoms with van der Waals surface area (Å²) in [6.07, 6.45) is 0.353. The number of esters is 1. The van der Waals surface area contributed by atoms with Crippen molar-refractivity contribution in [2.75, 3.05) is 31.6 Å². The number of ether oxygens (including phenoxy) is 2. The maximum atomic E-state index is 12.7. The smallest absolute Gasteiger partial charge is 0.357 e. The number of morpholine rings is 1. The van der Waals surface area contributed by atoms with Crippen molar-refractivity contribution >= 4 is 27.6 Å². The number of benzene rings is 1. The average molecular weight is 419 g/mol.